The summed E-state index contributed by atoms with van der Waals surface area (Å²) in [5, 5.41) is 2.83. The van der Waals surface area contributed by atoms with E-state index in [0.29, 0.717) is 10.2 Å². The van der Waals surface area contributed by atoms with Gasteiger partial charge in [-0.25, -0.2) is 0 Å². The maximum absolute atomic E-state index is 12.0. The zero-order valence-electron chi connectivity index (χ0n) is 11.0. The Morgan fingerprint density at radius 3 is 2.19 bits per heavy atom. The van der Waals surface area contributed by atoms with E-state index >= 15 is 0 Å². The third kappa shape index (κ3) is 3.06. The molecule has 1 N–H and O–H groups in total. The smallest absolute Gasteiger partial charge is 0.260 e. The number of nitrogens with one attached hydrogen (secondary N) is 1. The van der Waals surface area contributed by atoms with Gasteiger partial charge >= 0.3 is 0 Å². The van der Waals surface area contributed by atoms with Crippen LogP contribution in [0.3, 0.4) is 0 Å². The molecule has 0 aliphatic carbocycles. The number of anilines is 1. The summed E-state index contributed by atoms with van der Waals surface area (Å²) in [6.07, 6.45) is 1.47. The van der Waals surface area contributed by atoms with E-state index in [0.717, 1.165) is 16.8 Å². The number of benzene rings is 2. The molecule has 1 heterocycles. The summed E-state index contributed by atoms with van der Waals surface area (Å²) in [5.74, 6) is -0.205. The zero-order chi connectivity index (χ0) is 14.7. The lowest BCUT2D eigenvalue weighted by molar-refractivity contribution is 0.102. The summed E-state index contributed by atoms with van der Waals surface area (Å²) >= 11 is 3.19. The molecule has 0 fully saturated rings. The van der Waals surface area contributed by atoms with Gasteiger partial charge in [0.25, 0.3) is 5.91 Å². The number of furan rings is 1. The van der Waals surface area contributed by atoms with E-state index in [4.69, 9.17) is 4.42 Å². The van der Waals surface area contributed by atoms with Crippen LogP contribution in [0.2, 0.25) is 0 Å². The average molecular weight is 342 g/mol. The fourth-order valence-electron chi connectivity index (χ4n) is 2.03. The molecule has 104 valence electrons. The van der Waals surface area contributed by atoms with Gasteiger partial charge < -0.3 is 9.73 Å². The highest BCUT2D eigenvalue weighted by Gasteiger charge is 2.12. The maximum Gasteiger partial charge on any atom is 0.260 e. The predicted octanol–water partition coefficient (Wildman–Crippen LogP) is 4.96. The van der Waals surface area contributed by atoms with Crippen LogP contribution < -0.4 is 5.32 Å². The number of carbonyl (C=O) groups is 1. The maximum atomic E-state index is 12.0. The van der Waals surface area contributed by atoms with Crippen LogP contribution in [-0.4, -0.2) is 5.91 Å². The SMILES string of the molecule is O=C(Nc1ccc(-c2ccccc2)cc1)c1ccoc1Br. The van der Waals surface area contributed by atoms with E-state index in [1.807, 2.05) is 42.5 Å². The third-order valence-electron chi connectivity index (χ3n) is 3.11. The van der Waals surface area contributed by atoms with Crippen LogP contribution in [0.4, 0.5) is 5.69 Å². The van der Waals surface area contributed by atoms with Gasteiger partial charge in [0.05, 0.1) is 11.8 Å². The van der Waals surface area contributed by atoms with Crippen molar-refractivity contribution < 1.29 is 9.21 Å². The highest BCUT2D eigenvalue weighted by molar-refractivity contribution is 9.10. The lowest BCUT2D eigenvalue weighted by atomic mass is 10.1. The molecule has 1 amide bonds. The van der Waals surface area contributed by atoms with Gasteiger partial charge in [-0.2, -0.15) is 0 Å². The van der Waals surface area contributed by atoms with Gasteiger partial charge in [0.2, 0.25) is 0 Å². The van der Waals surface area contributed by atoms with Crippen molar-refractivity contribution >= 4 is 27.5 Å². The van der Waals surface area contributed by atoms with Crippen molar-refractivity contribution in [3.05, 3.63) is 77.2 Å². The van der Waals surface area contributed by atoms with Crippen LogP contribution in [0.25, 0.3) is 11.1 Å². The van der Waals surface area contributed by atoms with E-state index in [9.17, 15) is 4.79 Å². The van der Waals surface area contributed by atoms with Crippen LogP contribution >= 0.6 is 15.9 Å². The number of carbonyl (C=O) groups excluding carboxylic acids is 1. The van der Waals surface area contributed by atoms with Crippen molar-refractivity contribution in [3.8, 4) is 11.1 Å². The summed E-state index contributed by atoms with van der Waals surface area (Å²) in [7, 11) is 0. The zero-order valence-corrected chi connectivity index (χ0v) is 12.6. The Bertz CT molecular complexity index is 748. The molecule has 0 bridgehead atoms. The Morgan fingerprint density at radius 1 is 0.905 bits per heavy atom. The minimum absolute atomic E-state index is 0.205. The number of halogens is 1. The molecule has 0 radical (unpaired) electrons. The molecule has 0 unspecified atom stereocenters. The number of hydrogen-bond donors (Lipinski definition) is 1. The van der Waals surface area contributed by atoms with Crippen LogP contribution in [0, 0.1) is 0 Å². The fourth-order valence-corrected chi connectivity index (χ4v) is 2.45. The lowest BCUT2D eigenvalue weighted by Gasteiger charge is -2.06. The van der Waals surface area contributed by atoms with Gasteiger partial charge in [0, 0.05) is 5.69 Å². The van der Waals surface area contributed by atoms with Gasteiger partial charge in [0.1, 0.15) is 0 Å². The molecule has 0 saturated heterocycles. The minimum Gasteiger partial charge on any atom is -0.457 e. The molecule has 0 spiro atoms. The molecule has 21 heavy (non-hydrogen) atoms. The molecule has 0 saturated carbocycles. The van der Waals surface area contributed by atoms with Crippen LogP contribution in [0.15, 0.2) is 76.0 Å². The standard InChI is InChI=1S/C17H12BrNO2/c18-16-15(10-11-21-16)17(20)19-14-8-6-13(7-9-14)12-4-2-1-3-5-12/h1-11H,(H,19,20). The average Bonchev–Trinajstić information content (AvgIpc) is 2.95. The Morgan fingerprint density at radius 2 is 1.57 bits per heavy atom. The van der Waals surface area contributed by atoms with Gasteiger partial charge in [-0.15, -0.1) is 0 Å². The molecular weight excluding hydrogens is 330 g/mol. The van der Waals surface area contributed by atoms with Crippen LogP contribution in [0.5, 0.6) is 0 Å². The highest BCUT2D eigenvalue weighted by Crippen LogP contribution is 2.22. The van der Waals surface area contributed by atoms with E-state index in [2.05, 4.69) is 33.4 Å². The molecule has 3 nitrogen and oxygen atoms in total. The monoisotopic (exact) mass is 341 g/mol. The first-order chi connectivity index (χ1) is 10.2. The molecule has 3 aromatic rings. The number of amides is 1. The fraction of sp³-hybridized carbons (Fsp3) is 0. The van der Waals surface area contributed by atoms with E-state index in [-0.39, 0.29) is 5.91 Å². The molecule has 2 aromatic carbocycles. The first kappa shape index (κ1) is 13.6. The Labute approximate surface area is 130 Å². The Balaban J connectivity index is 1.76. The molecule has 0 atom stereocenters. The Hall–Kier alpha value is -2.33. The van der Waals surface area contributed by atoms with Gasteiger partial charge in [-0.1, -0.05) is 42.5 Å². The van der Waals surface area contributed by atoms with E-state index in [1.165, 1.54) is 6.26 Å². The highest BCUT2D eigenvalue weighted by atomic mass is 79.9. The first-order valence-electron chi connectivity index (χ1n) is 6.44. The molecule has 0 aliphatic heterocycles. The molecular formula is C17H12BrNO2. The van der Waals surface area contributed by atoms with Gasteiger partial charge in [0.15, 0.2) is 4.67 Å². The van der Waals surface area contributed by atoms with Crippen LogP contribution in [0.1, 0.15) is 10.4 Å². The predicted molar refractivity (Wildman–Crippen MR) is 86.2 cm³/mol. The molecule has 3 rings (SSSR count). The van der Waals surface area contributed by atoms with Crippen molar-refractivity contribution in [3.63, 3.8) is 0 Å². The normalized spacial score (nSPS) is 10.3. The van der Waals surface area contributed by atoms with Gasteiger partial charge in [-0.3, -0.25) is 4.79 Å². The van der Waals surface area contributed by atoms with E-state index < -0.39 is 0 Å². The summed E-state index contributed by atoms with van der Waals surface area (Å²) in [5.41, 5.74) is 3.47. The second kappa shape index (κ2) is 5.97. The number of hydrogen-bond acceptors (Lipinski definition) is 2. The largest absolute Gasteiger partial charge is 0.457 e. The second-order valence-corrected chi connectivity index (χ2v) is 5.23. The molecule has 0 aliphatic rings. The summed E-state index contributed by atoms with van der Waals surface area (Å²) in [6, 6.07) is 19.4. The lowest BCUT2D eigenvalue weighted by Crippen LogP contribution is -2.11. The molecule has 4 heteroatoms. The quantitative estimate of drug-likeness (QED) is 0.731. The third-order valence-corrected chi connectivity index (χ3v) is 3.73. The van der Waals surface area contributed by atoms with Crippen LogP contribution in [-0.2, 0) is 0 Å². The first-order valence-corrected chi connectivity index (χ1v) is 7.23. The topological polar surface area (TPSA) is 42.2 Å². The summed E-state index contributed by atoms with van der Waals surface area (Å²) in [4.78, 5) is 12.0. The summed E-state index contributed by atoms with van der Waals surface area (Å²) < 4.78 is 5.49. The molecule has 1 aromatic heterocycles. The van der Waals surface area contributed by atoms with Crippen molar-refractivity contribution in [2.24, 2.45) is 0 Å². The van der Waals surface area contributed by atoms with Crippen molar-refractivity contribution in [1.29, 1.82) is 0 Å². The minimum atomic E-state index is -0.205. The Kier molecular flexibility index (Phi) is 3.88. The van der Waals surface area contributed by atoms with E-state index in [1.54, 1.807) is 6.07 Å². The number of rotatable bonds is 3. The van der Waals surface area contributed by atoms with Crippen molar-refractivity contribution in [1.82, 2.24) is 0 Å². The van der Waals surface area contributed by atoms with Crippen molar-refractivity contribution in [2.75, 3.05) is 5.32 Å². The van der Waals surface area contributed by atoms with Crippen molar-refractivity contribution in [2.45, 2.75) is 0 Å². The second-order valence-electron chi connectivity index (χ2n) is 4.51. The summed E-state index contributed by atoms with van der Waals surface area (Å²) in [6.45, 7) is 0. The van der Waals surface area contributed by atoms with Gasteiger partial charge in [-0.05, 0) is 45.3 Å².